The van der Waals surface area contributed by atoms with Crippen molar-refractivity contribution in [2.24, 2.45) is 11.7 Å². The van der Waals surface area contributed by atoms with E-state index in [2.05, 4.69) is 0 Å². The van der Waals surface area contributed by atoms with E-state index < -0.39 is 12.1 Å². The molecule has 0 amide bonds. The van der Waals surface area contributed by atoms with Gasteiger partial charge in [-0.2, -0.15) is 0 Å². The fourth-order valence-electron chi connectivity index (χ4n) is 2.96. The summed E-state index contributed by atoms with van der Waals surface area (Å²) < 4.78 is 10.6. The lowest BCUT2D eigenvalue weighted by molar-refractivity contribution is 0.0844. The Kier molecular flexibility index (Phi) is 5.02. The van der Waals surface area contributed by atoms with Crippen molar-refractivity contribution in [3.63, 3.8) is 0 Å². The third-order valence-electron chi connectivity index (χ3n) is 4.10. The highest BCUT2D eigenvalue weighted by molar-refractivity contribution is 6.31. The number of hydrogen-bond acceptors (Lipinski definition) is 4. The van der Waals surface area contributed by atoms with Crippen LogP contribution in [-0.4, -0.2) is 18.0 Å². The highest BCUT2D eigenvalue weighted by atomic mass is 35.5. The van der Waals surface area contributed by atoms with Gasteiger partial charge in [0.2, 0.25) is 6.79 Å². The van der Waals surface area contributed by atoms with Crippen molar-refractivity contribution in [3.8, 4) is 11.5 Å². The summed E-state index contributed by atoms with van der Waals surface area (Å²) in [5.41, 5.74) is 6.91. The Morgan fingerprint density at radius 1 is 1.20 bits per heavy atom. The molecule has 1 heterocycles. The average molecular weight is 320 g/mol. The molecule has 2 aliphatic rings. The van der Waals surface area contributed by atoms with Gasteiger partial charge in [0.25, 0.3) is 0 Å². The van der Waals surface area contributed by atoms with Gasteiger partial charge in [-0.25, -0.2) is 0 Å². The van der Waals surface area contributed by atoms with Gasteiger partial charge in [-0.1, -0.05) is 24.4 Å². The van der Waals surface area contributed by atoms with E-state index in [9.17, 15) is 5.11 Å². The first-order valence-corrected chi connectivity index (χ1v) is 7.07. The van der Waals surface area contributed by atoms with Crippen molar-refractivity contribution in [1.29, 1.82) is 0 Å². The Morgan fingerprint density at radius 2 is 1.80 bits per heavy atom. The zero-order valence-corrected chi connectivity index (χ0v) is 12.6. The van der Waals surface area contributed by atoms with Crippen molar-refractivity contribution >= 4 is 24.0 Å². The van der Waals surface area contributed by atoms with E-state index in [-0.39, 0.29) is 25.1 Å². The van der Waals surface area contributed by atoms with Crippen molar-refractivity contribution in [1.82, 2.24) is 0 Å². The minimum absolute atomic E-state index is 0. The Morgan fingerprint density at radius 3 is 2.45 bits per heavy atom. The quantitative estimate of drug-likeness (QED) is 0.898. The largest absolute Gasteiger partial charge is 0.454 e. The molecule has 3 rings (SSSR count). The van der Waals surface area contributed by atoms with E-state index in [0.717, 1.165) is 18.4 Å². The number of aliphatic hydroxyl groups excluding tert-OH is 1. The third-order valence-corrected chi connectivity index (χ3v) is 4.43. The maximum Gasteiger partial charge on any atom is 0.231 e. The van der Waals surface area contributed by atoms with E-state index in [4.69, 9.17) is 26.8 Å². The van der Waals surface area contributed by atoms with Gasteiger partial charge in [0.15, 0.2) is 11.5 Å². The second-order valence-corrected chi connectivity index (χ2v) is 5.70. The summed E-state index contributed by atoms with van der Waals surface area (Å²) in [6.07, 6.45) is 3.86. The summed E-state index contributed by atoms with van der Waals surface area (Å²) >= 11 is 6.23. The lowest BCUT2D eigenvalue weighted by Crippen LogP contribution is -2.32. The van der Waals surface area contributed by atoms with Gasteiger partial charge >= 0.3 is 0 Å². The molecule has 1 fully saturated rings. The molecule has 0 bridgehead atoms. The van der Waals surface area contributed by atoms with Gasteiger partial charge < -0.3 is 20.3 Å². The van der Waals surface area contributed by atoms with E-state index >= 15 is 0 Å². The van der Waals surface area contributed by atoms with Crippen LogP contribution in [0.25, 0.3) is 0 Å². The van der Waals surface area contributed by atoms with Crippen LogP contribution in [0.3, 0.4) is 0 Å². The molecule has 1 aromatic rings. The van der Waals surface area contributed by atoms with Crippen LogP contribution in [0, 0.1) is 5.92 Å². The first kappa shape index (κ1) is 15.7. The Balaban J connectivity index is 0.00000147. The predicted octanol–water partition coefficient (Wildman–Crippen LogP) is 3.04. The van der Waals surface area contributed by atoms with Crippen LogP contribution in [-0.2, 0) is 0 Å². The van der Waals surface area contributed by atoms with Crippen LogP contribution >= 0.6 is 24.0 Å². The standard InChI is InChI=1S/C14H18ClNO3.ClH/c15-10-6-12-11(18-7-19-12)5-9(10)13(16)14(17)8-3-1-2-4-8;/h5-6,8,13-14,17H,1-4,7,16H2;1H/t13-,14+;/m1./s1. The van der Waals surface area contributed by atoms with Crippen molar-refractivity contribution in [2.45, 2.75) is 37.8 Å². The molecule has 1 aliphatic carbocycles. The van der Waals surface area contributed by atoms with Gasteiger partial charge in [0.1, 0.15) is 0 Å². The maximum atomic E-state index is 10.4. The van der Waals surface area contributed by atoms with Gasteiger partial charge in [-0.05, 0) is 30.4 Å². The lowest BCUT2D eigenvalue weighted by atomic mass is 9.90. The molecule has 6 heteroatoms. The van der Waals surface area contributed by atoms with E-state index in [0.29, 0.717) is 16.5 Å². The monoisotopic (exact) mass is 319 g/mol. The molecule has 1 aliphatic heterocycles. The van der Waals surface area contributed by atoms with Gasteiger partial charge in [-0.15, -0.1) is 12.4 Å². The lowest BCUT2D eigenvalue weighted by Gasteiger charge is -2.25. The molecule has 0 radical (unpaired) electrons. The van der Waals surface area contributed by atoms with Gasteiger partial charge in [0.05, 0.1) is 12.1 Å². The minimum atomic E-state index is -0.555. The average Bonchev–Trinajstić information content (AvgIpc) is 3.06. The molecule has 3 N–H and O–H groups in total. The highest BCUT2D eigenvalue weighted by Gasteiger charge is 2.31. The van der Waals surface area contributed by atoms with Gasteiger partial charge in [0, 0.05) is 11.1 Å². The number of halogens is 2. The topological polar surface area (TPSA) is 64.7 Å². The normalized spacial score (nSPS) is 20.6. The first-order valence-electron chi connectivity index (χ1n) is 6.69. The number of nitrogens with two attached hydrogens (primary N) is 1. The van der Waals surface area contributed by atoms with Gasteiger partial charge in [-0.3, -0.25) is 0 Å². The SMILES string of the molecule is Cl.N[C@H](c1cc2c(cc1Cl)OCO2)[C@@H](O)C1CCCC1. The van der Waals surface area contributed by atoms with E-state index in [1.165, 1.54) is 12.8 Å². The summed E-state index contributed by atoms with van der Waals surface area (Å²) in [6, 6.07) is 3.01. The van der Waals surface area contributed by atoms with Crippen LogP contribution < -0.4 is 15.2 Å². The van der Waals surface area contributed by atoms with Crippen molar-refractivity contribution < 1.29 is 14.6 Å². The molecule has 1 aromatic carbocycles. The summed E-state index contributed by atoms with van der Waals surface area (Å²) in [4.78, 5) is 0. The molecule has 20 heavy (non-hydrogen) atoms. The zero-order chi connectivity index (χ0) is 13.4. The second kappa shape index (κ2) is 6.39. The molecule has 112 valence electrons. The second-order valence-electron chi connectivity index (χ2n) is 5.29. The molecule has 1 saturated carbocycles. The molecule has 2 atom stereocenters. The van der Waals surface area contributed by atoms with Crippen molar-refractivity contribution in [2.75, 3.05) is 6.79 Å². The molecule has 4 nitrogen and oxygen atoms in total. The summed E-state index contributed by atoms with van der Waals surface area (Å²) in [6.45, 7) is 0.204. The molecular formula is C14H19Cl2NO3. The Bertz CT molecular complexity index is 478. The van der Waals surface area contributed by atoms with E-state index in [1.54, 1.807) is 12.1 Å². The number of aliphatic hydroxyl groups is 1. The molecule has 0 spiro atoms. The van der Waals surface area contributed by atoms with Crippen LogP contribution in [0.15, 0.2) is 12.1 Å². The number of ether oxygens (including phenoxy) is 2. The maximum absolute atomic E-state index is 10.4. The molecular weight excluding hydrogens is 301 g/mol. The fraction of sp³-hybridized carbons (Fsp3) is 0.571. The number of fused-ring (bicyclic) bond motifs is 1. The number of rotatable bonds is 3. The molecule has 0 aromatic heterocycles. The van der Waals surface area contributed by atoms with Crippen LogP contribution in [0.4, 0.5) is 0 Å². The first-order chi connectivity index (χ1) is 9.16. The summed E-state index contributed by atoms with van der Waals surface area (Å²) in [7, 11) is 0. The van der Waals surface area contributed by atoms with Crippen LogP contribution in [0.1, 0.15) is 37.3 Å². The van der Waals surface area contributed by atoms with Crippen LogP contribution in [0.5, 0.6) is 11.5 Å². The minimum Gasteiger partial charge on any atom is -0.454 e. The zero-order valence-electron chi connectivity index (χ0n) is 11.0. The number of benzene rings is 1. The van der Waals surface area contributed by atoms with Crippen LogP contribution in [0.2, 0.25) is 5.02 Å². The van der Waals surface area contributed by atoms with E-state index in [1.807, 2.05) is 0 Å². The van der Waals surface area contributed by atoms with Crippen molar-refractivity contribution in [3.05, 3.63) is 22.7 Å². The summed E-state index contributed by atoms with van der Waals surface area (Å²) in [5, 5.41) is 10.9. The number of hydrogen-bond donors (Lipinski definition) is 2. The highest BCUT2D eigenvalue weighted by Crippen LogP contribution is 2.41. The predicted molar refractivity (Wildman–Crippen MR) is 79.7 cm³/mol. The third kappa shape index (κ3) is 2.84. The Hall–Kier alpha value is -0.680. The molecule has 0 saturated heterocycles. The Labute approximate surface area is 129 Å². The fourth-order valence-corrected chi connectivity index (χ4v) is 3.24. The molecule has 0 unspecified atom stereocenters. The summed E-state index contributed by atoms with van der Waals surface area (Å²) in [5.74, 6) is 1.56. The smallest absolute Gasteiger partial charge is 0.231 e.